The molecule has 0 saturated heterocycles. The molecule has 26 heavy (non-hydrogen) atoms. The molecule has 0 aliphatic heterocycles. The van der Waals surface area contributed by atoms with Crippen molar-refractivity contribution < 1.29 is 8.42 Å². The second-order valence-electron chi connectivity index (χ2n) is 6.37. The second-order valence-corrected chi connectivity index (χ2v) is 8.35. The van der Waals surface area contributed by atoms with Crippen LogP contribution in [-0.2, 0) is 23.0 Å². The third-order valence-electron chi connectivity index (χ3n) is 4.20. The predicted octanol–water partition coefficient (Wildman–Crippen LogP) is 2.32. The van der Waals surface area contributed by atoms with Crippen molar-refractivity contribution in [1.82, 2.24) is 14.5 Å². The molecular weight excluding hydrogens is 348 g/mol. The lowest BCUT2D eigenvalue weighted by atomic mass is 10.1. The molecule has 1 rings (SSSR count). The normalized spacial score (nSPS) is 12.5. The number of hydrogen-bond acceptors (Lipinski definition) is 3. The van der Waals surface area contributed by atoms with Gasteiger partial charge in [-0.3, -0.25) is 4.99 Å². The van der Waals surface area contributed by atoms with Gasteiger partial charge >= 0.3 is 0 Å². The van der Waals surface area contributed by atoms with Crippen LogP contribution in [0.2, 0.25) is 0 Å². The number of sulfonamides is 1. The van der Waals surface area contributed by atoms with Gasteiger partial charge in [0.25, 0.3) is 0 Å². The molecule has 6 nitrogen and oxygen atoms in total. The Morgan fingerprint density at radius 2 is 1.73 bits per heavy atom. The SMILES string of the molecule is CCNC(=NCCCN(CC)S(C)(=O)=O)N(C)Cc1ccc(CC)cc1. The molecule has 0 bridgehead atoms. The summed E-state index contributed by atoms with van der Waals surface area (Å²) in [7, 11) is -1.11. The van der Waals surface area contributed by atoms with Gasteiger partial charge in [0.15, 0.2) is 5.96 Å². The fraction of sp³-hybridized carbons (Fsp3) is 0.632. The van der Waals surface area contributed by atoms with Crippen molar-refractivity contribution in [2.45, 2.75) is 40.2 Å². The van der Waals surface area contributed by atoms with Crippen LogP contribution in [0, 0.1) is 0 Å². The van der Waals surface area contributed by atoms with Crippen molar-refractivity contribution in [2.24, 2.45) is 4.99 Å². The zero-order chi connectivity index (χ0) is 19.6. The molecule has 0 aromatic heterocycles. The number of aryl methyl sites for hydroxylation is 1. The minimum absolute atomic E-state index is 0.496. The molecule has 0 atom stereocenters. The molecule has 0 heterocycles. The molecule has 1 N–H and O–H groups in total. The monoisotopic (exact) mass is 382 g/mol. The van der Waals surface area contributed by atoms with Gasteiger partial charge in [0.1, 0.15) is 0 Å². The van der Waals surface area contributed by atoms with Gasteiger partial charge in [-0.15, -0.1) is 0 Å². The number of aliphatic imine (C=N–C) groups is 1. The maximum Gasteiger partial charge on any atom is 0.211 e. The first kappa shape index (κ1) is 22.4. The van der Waals surface area contributed by atoms with Crippen LogP contribution in [-0.4, -0.2) is 63.1 Å². The minimum Gasteiger partial charge on any atom is -0.357 e. The Morgan fingerprint density at radius 3 is 2.23 bits per heavy atom. The fourth-order valence-corrected chi connectivity index (χ4v) is 3.62. The fourth-order valence-electron chi connectivity index (χ4n) is 2.69. The summed E-state index contributed by atoms with van der Waals surface area (Å²) in [6.45, 7) is 9.21. The van der Waals surface area contributed by atoms with E-state index in [4.69, 9.17) is 0 Å². The molecule has 1 aromatic carbocycles. The third-order valence-corrected chi connectivity index (χ3v) is 5.58. The third kappa shape index (κ3) is 7.74. The summed E-state index contributed by atoms with van der Waals surface area (Å²) < 4.78 is 24.7. The summed E-state index contributed by atoms with van der Waals surface area (Å²) in [5.41, 5.74) is 2.58. The van der Waals surface area contributed by atoms with Crippen molar-refractivity contribution in [3.8, 4) is 0 Å². The van der Waals surface area contributed by atoms with Crippen molar-refractivity contribution in [3.63, 3.8) is 0 Å². The average Bonchev–Trinajstić information content (AvgIpc) is 2.60. The number of hydrogen-bond donors (Lipinski definition) is 1. The first-order valence-electron chi connectivity index (χ1n) is 9.34. The quantitative estimate of drug-likeness (QED) is 0.383. The predicted molar refractivity (Wildman–Crippen MR) is 110 cm³/mol. The molecule has 0 fully saturated rings. The van der Waals surface area contributed by atoms with Gasteiger partial charge in [-0.25, -0.2) is 12.7 Å². The lowest BCUT2D eigenvalue weighted by Crippen LogP contribution is -2.38. The molecule has 0 aliphatic carbocycles. The van der Waals surface area contributed by atoms with E-state index in [1.54, 1.807) is 0 Å². The zero-order valence-corrected chi connectivity index (χ0v) is 17.6. The lowest BCUT2D eigenvalue weighted by Gasteiger charge is -2.22. The second kappa shape index (κ2) is 11.2. The van der Waals surface area contributed by atoms with Crippen LogP contribution in [0.15, 0.2) is 29.3 Å². The van der Waals surface area contributed by atoms with Gasteiger partial charge in [-0.1, -0.05) is 38.1 Å². The Balaban J connectivity index is 2.63. The van der Waals surface area contributed by atoms with E-state index in [0.717, 1.165) is 25.5 Å². The molecule has 7 heteroatoms. The molecule has 0 radical (unpaired) electrons. The van der Waals surface area contributed by atoms with Gasteiger partial charge in [0.05, 0.1) is 6.26 Å². The maximum absolute atomic E-state index is 11.6. The molecule has 148 valence electrons. The first-order valence-corrected chi connectivity index (χ1v) is 11.2. The summed E-state index contributed by atoms with van der Waals surface area (Å²) in [5.74, 6) is 0.842. The number of rotatable bonds is 10. The molecule has 0 unspecified atom stereocenters. The highest BCUT2D eigenvalue weighted by Gasteiger charge is 2.13. The van der Waals surface area contributed by atoms with Crippen LogP contribution < -0.4 is 5.32 Å². The minimum atomic E-state index is -3.13. The van der Waals surface area contributed by atoms with Gasteiger partial charge in [-0.05, 0) is 30.9 Å². The first-order chi connectivity index (χ1) is 12.3. The van der Waals surface area contributed by atoms with Gasteiger partial charge in [0.2, 0.25) is 10.0 Å². The van der Waals surface area contributed by atoms with Gasteiger partial charge in [-0.2, -0.15) is 0 Å². The lowest BCUT2D eigenvalue weighted by molar-refractivity contribution is 0.425. The van der Waals surface area contributed by atoms with E-state index < -0.39 is 10.0 Å². The van der Waals surface area contributed by atoms with Crippen molar-refractivity contribution >= 4 is 16.0 Å². The summed E-state index contributed by atoms with van der Waals surface area (Å²) in [6.07, 6.45) is 3.00. The Labute approximate surface area is 159 Å². The Morgan fingerprint density at radius 1 is 1.12 bits per heavy atom. The van der Waals surface area contributed by atoms with Crippen molar-refractivity contribution in [3.05, 3.63) is 35.4 Å². The van der Waals surface area contributed by atoms with Crippen LogP contribution in [0.25, 0.3) is 0 Å². The van der Waals surface area contributed by atoms with E-state index in [1.807, 2.05) is 20.9 Å². The summed E-state index contributed by atoms with van der Waals surface area (Å²) in [6, 6.07) is 8.64. The van der Waals surface area contributed by atoms with E-state index >= 15 is 0 Å². The summed E-state index contributed by atoms with van der Waals surface area (Å²) in [5, 5.41) is 3.30. The summed E-state index contributed by atoms with van der Waals surface area (Å²) >= 11 is 0. The number of benzene rings is 1. The van der Waals surface area contributed by atoms with Gasteiger partial charge < -0.3 is 10.2 Å². The topological polar surface area (TPSA) is 65.0 Å². The van der Waals surface area contributed by atoms with Crippen LogP contribution in [0.3, 0.4) is 0 Å². The van der Waals surface area contributed by atoms with E-state index in [-0.39, 0.29) is 0 Å². The molecule has 1 aromatic rings. The van der Waals surface area contributed by atoms with Gasteiger partial charge in [0, 0.05) is 39.8 Å². The number of nitrogens with one attached hydrogen (secondary N) is 1. The van der Waals surface area contributed by atoms with E-state index in [0.29, 0.717) is 26.1 Å². The Bertz CT molecular complexity index is 657. The van der Waals surface area contributed by atoms with E-state index in [9.17, 15) is 8.42 Å². The van der Waals surface area contributed by atoms with Crippen molar-refractivity contribution in [1.29, 1.82) is 0 Å². The smallest absolute Gasteiger partial charge is 0.211 e. The highest BCUT2D eigenvalue weighted by molar-refractivity contribution is 7.88. The molecule has 0 spiro atoms. The molecule has 0 aliphatic rings. The molecular formula is C19H34N4O2S. The zero-order valence-electron chi connectivity index (χ0n) is 16.8. The maximum atomic E-state index is 11.6. The number of nitrogens with zero attached hydrogens (tertiary/aromatic N) is 3. The Hall–Kier alpha value is -1.60. The Kier molecular flexibility index (Phi) is 9.65. The number of guanidine groups is 1. The highest BCUT2D eigenvalue weighted by Crippen LogP contribution is 2.08. The van der Waals surface area contributed by atoms with Crippen LogP contribution >= 0.6 is 0 Å². The highest BCUT2D eigenvalue weighted by atomic mass is 32.2. The molecule has 0 amide bonds. The van der Waals surface area contributed by atoms with Crippen molar-refractivity contribution in [2.75, 3.05) is 39.5 Å². The standard InChI is InChI=1S/C19H34N4O2S/c1-6-17-10-12-18(13-11-17)16-22(4)19(20-7-2)21-14-9-15-23(8-3)26(5,24)25/h10-13H,6-9,14-16H2,1-5H3,(H,20,21). The van der Waals surface area contributed by atoms with Crippen LogP contribution in [0.5, 0.6) is 0 Å². The van der Waals surface area contributed by atoms with Crippen LogP contribution in [0.4, 0.5) is 0 Å². The largest absolute Gasteiger partial charge is 0.357 e. The van der Waals surface area contributed by atoms with E-state index in [2.05, 4.69) is 46.4 Å². The summed E-state index contributed by atoms with van der Waals surface area (Å²) in [4.78, 5) is 6.74. The molecule has 0 saturated carbocycles. The van der Waals surface area contributed by atoms with E-state index in [1.165, 1.54) is 21.7 Å². The van der Waals surface area contributed by atoms with Crippen LogP contribution in [0.1, 0.15) is 38.3 Å². The average molecular weight is 383 g/mol.